The third-order valence-electron chi connectivity index (χ3n) is 5.19. The number of nitrogens with one attached hydrogen (secondary N) is 1. The molecule has 106 valence electrons. The Morgan fingerprint density at radius 1 is 1.10 bits per heavy atom. The van der Waals surface area contributed by atoms with Crippen molar-refractivity contribution in [3.63, 3.8) is 0 Å². The van der Waals surface area contributed by atoms with E-state index in [0.717, 1.165) is 19.0 Å². The lowest BCUT2D eigenvalue weighted by atomic mass is 9.65. The Morgan fingerprint density at radius 3 is 2.35 bits per heavy atom. The molecule has 0 radical (unpaired) electrons. The van der Waals surface area contributed by atoms with Gasteiger partial charge in [-0.1, -0.05) is 0 Å². The van der Waals surface area contributed by atoms with E-state index in [-0.39, 0.29) is 11.7 Å². The number of nitrogens with zero attached hydrogens (tertiary/aromatic N) is 1. The first-order valence-electron chi connectivity index (χ1n) is 7.48. The van der Waals surface area contributed by atoms with Crippen LogP contribution in [-0.2, 0) is 0 Å². The summed E-state index contributed by atoms with van der Waals surface area (Å²) in [4.78, 5) is 14.9. The second-order valence-electron chi connectivity index (χ2n) is 6.58. The van der Waals surface area contributed by atoms with Crippen LogP contribution in [0, 0.1) is 23.6 Å². The molecular formula is C16H19FN2O. The van der Waals surface area contributed by atoms with Gasteiger partial charge in [-0.3, -0.25) is 4.79 Å². The van der Waals surface area contributed by atoms with Crippen molar-refractivity contribution in [1.29, 1.82) is 0 Å². The van der Waals surface area contributed by atoms with Gasteiger partial charge in [0, 0.05) is 31.2 Å². The Balaban J connectivity index is 1.49. The highest BCUT2D eigenvalue weighted by atomic mass is 19.1. The quantitative estimate of drug-likeness (QED) is 0.893. The maximum absolute atomic E-state index is 12.9. The van der Waals surface area contributed by atoms with E-state index in [2.05, 4.69) is 10.2 Å². The minimum atomic E-state index is -0.302. The summed E-state index contributed by atoms with van der Waals surface area (Å²) in [5, 5.41) is 3.21. The molecule has 3 saturated heterocycles. The van der Waals surface area contributed by atoms with E-state index < -0.39 is 0 Å². The molecule has 3 aliphatic heterocycles. The molecule has 4 fully saturated rings. The van der Waals surface area contributed by atoms with Crippen molar-refractivity contribution in [3.05, 3.63) is 35.6 Å². The van der Waals surface area contributed by atoms with Crippen LogP contribution in [0.15, 0.2) is 24.3 Å². The molecule has 5 rings (SSSR count). The molecule has 1 aromatic rings. The number of carbonyl (C=O) groups is 1. The van der Waals surface area contributed by atoms with Crippen molar-refractivity contribution < 1.29 is 9.18 Å². The summed E-state index contributed by atoms with van der Waals surface area (Å²) in [6.45, 7) is 3.51. The van der Waals surface area contributed by atoms with Gasteiger partial charge in [-0.15, -0.1) is 0 Å². The summed E-state index contributed by atoms with van der Waals surface area (Å²) in [5.74, 6) is 1.68. The van der Waals surface area contributed by atoms with Crippen LogP contribution in [0.25, 0.3) is 0 Å². The van der Waals surface area contributed by atoms with E-state index in [1.807, 2.05) is 0 Å². The van der Waals surface area contributed by atoms with Gasteiger partial charge in [0.1, 0.15) is 5.82 Å². The molecule has 0 aromatic heterocycles. The van der Waals surface area contributed by atoms with Crippen LogP contribution < -0.4 is 5.32 Å². The van der Waals surface area contributed by atoms with E-state index in [1.165, 1.54) is 31.5 Å². The lowest BCUT2D eigenvalue weighted by molar-refractivity contribution is -0.0418. The smallest absolute Gasteiger partial charge is 0.251 e. The Kier molecular flexibility index (Phi) is 2.81. The van der Waals surface area contributed by atoms with Crippen LogP contribution in [-0.4, -0.2) is 36.5 Å². The maximum atomic E-state index is 12.9. The van der Waals surface area contributed by atoms with Gasteiger partial charge in [-0.25, -0.2) is 4.39 Å². The molecule has 20 heavy (non-hydrogen) atoms. The number of benzene rings is 1. The highest BCUT2D eigenvalue weighted by Crippen LogP contribution is 2.43. The first kappa shape index (κ1) is 12.3. The molecule has 1 aromatic carbocycles. The number of rotatable bonds is 2. The van der Waals surface area contributed by atoms with Gasteiger partial charge in [0.25, 0.3) is 5.91 Å². The largest absolute Gasteiger partial charge is 0.349 e. The molecular weight excluding hydrogens is 255 g/mol. The molecule has 1 saturated carbocycles. The first-order chi connectivity index (χ1) is 9.69. The Bertz CT molecular complexity index is 500. The molecule has 3 nitrogen and oxygen atoms in total. The topological polar surface area (TPSA) is 32.3 Å². The Hall–Kier alpha value is -1.42. The summed E-state index contributed by atoms with van der Waals surface area (Å²) < 4.78 is 12.9. The van der Waals surface area contributed by atoms with Gasteiger partial charge >= 0.3 is 0 Å². The fourth-order valence-corrected chi connectivity index (χ4v) is 4.48. The number of halogens is 1. The summed E-state index contributed by atoms with van der Waals surface area (Å²) in [7, 11) is 0. The van der Waals surface area contributed by atoms with Crippen LogP contribution in [0.3, 0.4) is 0 Å². The van der Waals surface area contributed by atoms with Crippen molar-refractivity contribution in [2.75, 3.05) is 19.6 Å². The molecule has 4 bridgehead atoms. The number of amides is 1. The minimum absolute atomic E-state index is 0.0579. The Labute approximate surface area is 118 Å². The highest BCUT2D eigenvalue weighted by Gasteiger charge is 2.47. The molecule has 1 aliphatic carbocycles. The van der Waals surface area contributed by atoms with E-state index in [9.17, 15) is 9.18 Å². The highest BCUT2D eigenvalue weighted by molar-refractivity contribution is 5.94. The van der Waals surface area contributed by atoms with Gasteiger partial charge in [0.05, 0.1) is 0 Å². The summed E-state index contributed by atoms with van der Waals surface area (Å²) >= 11 is 0. The fourth-order valence-electron chi connectivity index (χ4n) is 4.48. The molecule has 2 atom stereocenters. The number of carbonyl (C=O) groups excluding carboxylic acids is 1. The molecule has 4 heteroatoms. The molecule has 1 N–H and O–H groups in total. The van der Waals surface area contributed by atoms with Crippen molar-refractivity contribution in [3.8, 4) is 0 Å². The van der Waals surface area contributed by atoms with Crippen molar-refractivity contribution in [1.82, 2.24) is 10.2 Å². The molecule has 1 amide bonds. The van der Waals surface area contributed by atoms with Gasteiger partial charge in [-0.2, -0.15) is 0 Å². The lowest BCUT2D eigenvalue weighted by Gasteiger charge is -2.55. The summed E-state index contributed by atoms with van der Waals surface area (Å²) in [5.41, 5.74) is 0.556. The van der Waals surface area contributed by atoms with E-state index in [0.29, 0.717) is 23.4 Å². The van der Waals surface area contributed by atoms with Crippen LogP contribution in [0.5, 0.6) is 0 Å². The van der Waals surface area contributed by atoms with Crippen molar-refractivity contribution in [2.24, 2.45) is 17.8 Å². The lowest BCUT2D eigenvalue weighted by Crippen LogP contribution is -2.64. The minimum Gasteiger partial charge on any atom is -0.349 e. The predicted octanol–water partition coefficient (Wildman–Crippen LogP) is 1.90. The predicted molar refractivity (Wildman–Crippen MR) is 73.8 cm³/mol. The van der Waals surface area contributed by atoms with Crippen LogP contribution in [0.2, 0.25) is 0 Å². The average Bonchev–Trinajstić information content (AvgIpc) is 2.42. The Morgan fingerprint density at radius 2 is 1.75 bits per heavy atom. The number of hydrogen-bond acceptors (Lipinski definition) is 2. The summed E-state index contributed by atoms with van der Waals surface area (Å²) in [6, 6.07) is 6.11. The van der Waals surface area contributed by atoms with E-state index in [4.69, 9.17) is 0 Å². The van der Waals surface area contributed by atoms with Crippen LogP contribution >= 0.6 is 0 Å². The first-order valence-corrected chi connectivity index (χ1v) is 7.48. The van der Waals surface area contributed by atoms with E-state index >= 15 is 0 Å². The van der Waals surface area contributed by atoms with Crippen molar-refractivity contribution >= 4 is 5.91 Å². The maximum Gasteiger partial charge on any atom is 0.251 e. The van der Waals surface area contributed by atoms with Crippen LogP contribution in [0.4, 0.5) is 4.39 Å². The van der Waals surface area contributed by atoms with E-state index in [1.54, 1.807) is 12.1 Å². The number of piperidine rings is 3. The van der Waals surface area contributed by atoms with Gasteiger partial charge in [0.2, 0.25) is 0 Å². The average molecular weight is 274 g/mol. The zero-order valence-corrected chi connectivity index (χ0v) is 11.4. The van der Waals surface area contributed by atoms with Gasteiger partial charge < -0.3 is 10.2 Å². The normalized spacial score (nSPS) is 38.0. The van der Waals surface area contributed by atoms with Crippen molar-refractivity contribution in [2.45, 2.75) is 18.9 Å². The fraction of sp³-hybridized carbons (Fsp3) is 0.562. The summed E-state index contributed by atoms with van der Waals surface area (Å²) in [6.07, 6.45) is 2.50. The SMILES string of the molecule is O=C(NC1[C@H]2CC3C[C@H]1CN(C3)C2)c1ccc(F)cc1. The molecule has 3 heterocycles. The van der Waals surface area contributed by atoms with Gasteiger partial charge in [-0.05, 0) is 54.9 Å². The van der Waals surface area contributed by atoms with Gasteiger partial charge in [0.15, 0.2) is 0 Å². The third kappa shape index (κ3) is 2.03. The number of hydrogen-bond donors (Lipinski definition) is 1. The molecule has 0 unspecified atom stereocenters. The molecule has 4 aliphatic rings. The molecule has 0 spiro atoms. The third-order valence-corrected chi connectivity index (χ3v) is 5.19. The second kappa shape index (κ2) is 4.55. The standard InChI is InChI=1S/C16H19FN2O/c17-14-3-1-11(2-4-14)16(20)18-15-12-5-10-6-13(15)9-19(7-10)8-12/h1-4,10,12-13,15H,5-9H2,(H,18,20)/t10?,12-,13-,15?/m0/s1. The monoisotopic (exact) mass is 274 g/mol. The zero-order chi connectivity index (χ0) is 13.7. The second-order valence-corrected chi connectivity index (χ2v) is 6.58. The van der Waals surface area contributed by atoms with Crippen LogP contribution in [0.1, 0.15) is 23.2 Å². The zero-order valence-electron chi connectivity index (χ0n) is 11.4.